The predicted octanol–water partition coefficient (Wildman–Crippen LogP) is 11.0. The molecule has 1 saturated carbocycles. The molecular weight excluding hydrogens is 1120 g/mol. The number of rotatable bonds is 20. The summed E-state index contributed by atoms with van der Waals surface area (Å²) in [5.41, 5.74) is 0.537. The quantitative estimate of drug-likeness (QED) is 0.0454. The summed E-state index contributed by atoms with van der Waals surface area (Å²) in [6.07, 6.45) is 3.36. The second kappa shape index (κ2) is 25.5. The van der Waals surface area contributed by atoms with Gasteiger partial charge in [-0.15, -0.1) is 11.8 Å². The van der Waals surface area contributed by atoms with Crippen LogP contribution in [0.3, 0.4) is 0 Å². The van der Waals surface area contributed by atoms with Gasteiger partial charge >= 0.3 is 11.5 Å². The number of benzene rings is 5. The standard InChI is InChI=1S/C59H67ClF3N7O8S3/c1-3-70-39(2)54(57(72)65-44-18-14-41(15-19-44)58(73)74)55(56(70)40-12-16-43(60)17-13-40)42-8-7-9-48(36-42)69-34-32-68(33-35-69)47-22-20-45(21-23-47)66-81(77,78)51-24-25-52(53(37-51)80(75,76)59(61,62)63)64-46(38-79-50-10-5-4-6-11-50)26-29-67-30-27-49(71)28-31-67/h4-13,16-17,20-25,36-37,41,44,46,49,64,66,71H,3,14-15,18-19,26-35,38H2,1-2H3,(H,65,72)(H,73,74). The zero-order chi connectivity index (χ0) is 57.6. The van der Waals surface area contributed by atoms with Crippen molar-refractivity contribution in [2.24, 2.45) is 5.92 Å². The minimum absolute atomic E-state index is 0.114. The minimum Gasteiger partial charge on any atom is -0.481 e. The predicted molar refractivity (Wildman–Crippen MR) is 314 cm³/mol. The number of halogens is 4. The number of hydrogen-bond donors (Lipinski definition) is 5. The zero-order valence-corrected chi connectivity index (χ0v) is 48.2. The lowest BCUT2D eigenvalue weighted by molar-refractivity contribution is -0.142. The molecule has 6 aromatic rings. The number of thioether (sulfide) groups is 1. The van der Waals surface area contributed by atoms with Crippen molar-refractivity contribution < 1.29 is 49.8 Å². The summed E-state index contributed by atoms with van der Waals surface area (Å²) in [5, 5.41) is 26.5. The molecule has 3 aliphatic rings. The van der Waals surface area contributed by atoms with Crippen LogP contribution in [0.4, 0.5) is 35.9 Å². The number of amides is 1. The fourth-order valence-electron chi connectivity index (χ4n) is 11.1. The van der Waals surface area contributed by atoms with Crippen molar-refractivity contribution in [3.05, 3.63) is 138 Å². The van der Waals surface area contributed by atoms with Gasteiger partial charge in [0.05, 0.1) is 33.9 Å². The highest BCUT2D eigenvalue weighted by molar-refractivity contribution is 7.99. The van der Waals surface area contributed by atoms with Crippen molar-refractivity contribution in [3.63, 3.8) is 0 Å². The van der Waals surface area contributed by atoms with Crippen LogP contribution in [0.15, 0.2) is 136 Å². The number of sulfone groups is 1. The Morgan fingerprint density at radius 3 is 2.05 bits per heavy atom. The van der Waals surface area contributed by atoms with Gasteiger partial charge in [-0.3, -0.25) is 14.3 Å². The van der Waals surface area contributed by atoms with E-state index < -0.39 is 59.2 Å². The monoisotopic (exact) mass is 1190 g/mol. The lowest BCUT2D eigenvalue weighted by Gasteiger charge is -2.37. The van der Waals surface area contributed by atoms with Crippen LogP contribution in [0.2, 0.25) is 5.02 Å². The van der Waals surface area contributed by atoms with Crippen LogP contribution >= 0.6 is 23.4 Å². The second-order valence-corrected chi connectivity index (χ2v) is 26.0. The fourth-order valence-corrected chi connectivity index (χ4v) is 14.4. The Morgan fingerprint density at radius 2 is 1.42 bits per heavy atom. The Balaban J connectivity index is 0.895. The number of piperazine rings is 1. The Bertz CT molecular complexity index is 3400. The molecule has 2 aliphatic heterocycles. The van der Waals surface area contributed by atoms with Gasteiger partial charge in [0.1, 0.15) is 4.90 Å². The summed E-state index contributed by atoms with van der Waals surface area (Å²) in [6, 6.07) is 33.6. The van der Waals surface area contributed by atoms with Gasteiger partial charge in [-0.25, -0.2) is 16.8 Å². The SMILES string of the molecule is CCn1c(C)c(C(=O)NC2CCC(C(=O)O)CC2)c(-c2cccc(N3CCN(c4ccc(NS(=O)(=O)c5ccc(NC(CCN6CCC(O)CC6)CSc6ccccc6)c(S(=O)(=O)C(F)(F)F)c5)cc4)CC3)c2)c1-c1ccc(Cl)cc1. The molecule has 2 saturated heterocycles. The third kappa shape index (κ3) is 14.0. The van der Waals surface area contributed by atoms with E-state index in [9.17, 15) is 49.8 Å². The van der Waals surface area contributed by atoms with Gasteiger partial charge < -0.3 is 40.1 Å². The summed E-state index contributed by atoms with van der Waals surface area (Å²) in [5.74, 6) is -1.07. The van der Waals surface area contributed by atoms with Crippen molar-refractivity contribution in [2.75, 3.05) is 71.4 Å². The smallest absolute Gasteiger partial charge is 0.481 e. The number of alkyl halides is 3. The number of likely N-dealkylation sites (tertiary alicyclic amines) is 1. The molecule has 1 unspecified atom stereocenters. The fraction of sp³-hybridized carbons (Fsp3) is 0.390. The van der Waals surface area contributed by atoms with E-state index in [1.807, 2.05) is 86.6 Å². The van der Waals surface area contributed by atoms with E-state index in [2.05, 4.69) is 40.7 Å². The number of hydrogen-bond acceptors (Lipinski definition) is 12. The number of aromatic nitrogens is 1. The highest BCUT2D eigenvalue weighted by Gasteiger charge is 2.48. The van der Waals surface area contributed by atoms with E-state index >= 15 is 0 Å². The number of piperidine rings is 1. The maximum Gasteiger partial charge on any atom is 0.501 e. The largest absolute Gasteiger partial charge is 0.501 e. The summed E-state index contributed by atoms with van der Waals surface area (Å²) in [7, 11) is -10.7. The van der Waals surface area contributed by atoms with E-state index in [0.29, 0.717) is 120 Å². The first-order valence-corrected chi connectivity index (χ1v) is 31.6. The molecule has 15 nitrogen and oxygen atoms in total. The molecule has 22 heteroatoms. The van der Waals surface area contributed by atoms with Crippen molar-refractivity contribution >= 4 is 77.8 Å². The van der Waals surface area contributed by atoms with Crippen molar-refractivity contribution in [1.29, 1.82) is 0 Å². The molecule has 5 aromatic carbocycles. The first-order chi connectivity index (χ1) is 38.7. The number of nitrogens with zero attached hydrogens (tertiary/aromatic N) is 4. The van der Waals surface area contributed by atoms with Crippen molar-refractivity contribution in [3.8, 4) is 22.4 Å². The van der Waals surface area contributed by atoms with Crippen molar-refractivity contribution in [1.82, 2.24) is 14.8 Å². The molecule has 0 bridgehead atoms. The third-order valence-corrected chi connectivity index (χ3v) is 20.0. The van der Waals surface area contributed by atoms with Gasteiger partial charge in [-0.05, 0) is 149 Å². The van der Waals surface area contributed by atoms with Crippen LogP contribution in [0.1, 0.15) is 67.9 Å². The number of aliphatic carboxylic acids is 1. The average molecular weight is 1190 g/mol. The molecule has 3 heterocycles. The molecule has 1 atom stereocenters. The lowest BCUT2D eigenvalue weighted by atomic mass is 9.86. The Hall–Kier alpha value is -6.23. The molecule has 3 fully saturated rings. The maximum absolute atomic E-state index is 14.5. The van der Waals surface area contributed by atoms with Gasteiger partial charge in [0.2, 0.25) is 0 Å². The van der Waals surface area contributed by atoms with E-state index in [-0.39, 0.29) is 23.3 Å². The van der Waals surface area contributed by atoms with Crippen molar-refractivity contribution in [2.45, 2.75) is 104 Å². The molecule has 9 rings (SSSR count). The number of carbonyl (C=O) groups excluding carboxylic acids is 1. The van der Waals surface area contributed by atoms with E-state index in [4.69, 9.17) is 11.6 Å². The van der Waals surface area contributed by atoms with E-state index in [0.717, 1.165) is 56.5 Å². The summed E-state index contributed by atoms with van der Waals surface area (Å²) >= 11 is 7.80. The van der Waals surface area contributed by atoms with Gasteiger partial charge in [0.15, 0.2) is 0 Å². The zero-order valence-electron chi connectivity index (χ0n) is 45.0. The number of aliphatic hydroxyl groups excluding tert-OH is 1. The number of carbonyl (C=O) groups is 2. The number of anilines is 4. The Kier molecular flexibility index (Phi) is 18.7. The molecule has 81 heavy (non-hydrogen) atoms. The molecule has 432 valence electrons. The highest BCUT2D eigenvalue weighted by Crippen LogP contribution is 2.42. The Morgan fingerprint density at radius 1 is 0.765 bits per heavy atom. The molecule has 1 aromatic heterocycles. The topological polar surface area (TPSA) is 194 Å². The second-order valence-electron chi connectivity index (χ2n) is 20.9. The normalized spacial score (nSPS) is 18.1. The molecule has 1 amide bonds. The summed E-state index contributed by atoms with van der Waals surface area (Å²) in [6.45, 7) is 8.83. The van der Waals surface area contributed by atoms with Gasteiger partial charge in [0, 0.05) is 108 Å². The third-order valence-electron chi connectivity index (χ3n) is 15.6. The highest BCUT2D eigenvalue weighted by atomic mass is 35.5. The summed E-state index contributed by atoms with van der Waals surface area (Å²) in [4.78, 5) is 31.7. The first-order valence-electron chi connectivity index (χ1n) is 27.2. The number of carboxylic acid groups (broad SMARTS) is 1. The molecule has 0 spiro atoms. The van der Waals surface area contributed by atoms with E-state index in [1.165, 1.54) is 11.8 Å². The maximum atomic E-state index is 14.5. The van der Waals surface area contributed by atoms with Gasteiger partial charge in [0.25, 0.3) is 25.8 Å². The van der Waals surface area contributed by atoms with Crippen LogP contribution < -0.4 is 25.2 Å². The molecule has 0 radical (unpaired) electrons. The van der Waals surface area contributed by atoms with Gasteiger partial charge in [-0.2, -0.15) is 13.2 Å². The number of carboxylic acids is 1. The van der Waals surface area contributed by atoms with E-state index in [1.54, 1.807) is 24.3 Å². The number of aliphatic hydroxyl groups is 1. The first kappa shape index (κ1) is 59.4. The Labute approximate surface area is 480 Å². The summed E-state index contributed by atoms with van der Waals surface area (Å²) < 4.78 is 102. The van der Waals surface area contributed by atoms with Crippen LogP contribution in [0, 0.1) is 12.8 Å². The molecule has 1 aliphatic carbocycles. The van der Waals surface area contributed by atoms with Gasteiger partial charge in [-0.1, -0.05) is 54.1 Å². The van der Waals surface area contributed by atoms with Crippen LogP contribution in [-0.4, -0.2) is 124 Å². The number of nitrogens with one attached hydrogen (secondary N) is 3. The lowest BCUT2D eigenvalue weighted by Crippen LogP contribution is -2.46. The molecule has 5 N–H and O–H groups in total. The molecular formula is C59H67ClF3N7O8S3. The van der Waals surface area contributed by atoms with Crippen LogP contribution in [-0.2, 0) is 31.2 Å². The average Bonchev–Trinajstić information content (AvgIpc) is 3.53. The van der Waals surface area contributed by atoms with Crippen LogP contribution in [0.5, 0.6) is 0 Å². The van der Waals surface area contributed by atoms with Crippen LogP contribution in [0.25, 0.3) is 22.4 Å². The number of sulfonamides is 1. The minimum atomic E-state index is -6.04.